The van der Waals surface area contributed by atoms with Crippen molar-refractivity contribution in [2.75, 3.05) is 0 Å². The molecule has 3 aromatic heterocycles. The molecule has 9 heteroatoms. The summed E-state index contributed by atoms with van der Waals surface area (Å²) in [5.41, 5.74) is 0.881. The van der Waals surface area contributed by atoms with Crippen molar-refractivity contribution in [2.24, 2.45) is 0 Å². The van der Waals surface area contributed by atoms with Crippen LogP contribution in [0.4, 0.5) is 0 Å². The molecule has 0 spiro atoms. The molecule has 0 radical (unpaired) electrons. The van der Waals surface area contributed by atoms with Crippen molar-refractivity contribution in [1.82, 2.24) is 14.6 Å². The van der Waals surface area contributed by atoms with Crippen LogP contribution in [-0.4, -0.2) is 20.6 Å². The van der Waals surface area contributed by atoms with Crippen molar-refractivity contribution < 1.29 is 13.9 Å². The minimum Gasteiger partial charge on any atom is -0.452 e. The molecular weight excluding hydrogens is 366 g/mol. The van der Waals surface area contributed by atoms with Crippen LogP contribution in [0.25, 0.3) is 15.9 Å². The first-order valence-electron chi connectivity index (χ1n) is 7.22. The SMILES string of the molecule is Cc1cc(=O)n2nc(COC(=O)c3cc4cc(Cl)ccc4o3)sc2n1. The van der Waals surface area contributed by atoms with E-state index in [1.165, 1.54) is 21.9 Å². The van der Waals surface area contributed by atoms with Gasteiger partial charge in [-0.05, 0) is 31.2 Å². The summed E-state index contributed by atoms with van der Waals surface area (Å²) in [5.74, 6) is -0.549. The first kappa shape index (κ1) is 15.8. The van der Waals surface area contributed by atoms with Gasteiger partial charge in [-0.3, -0.25) is 4.79 Å². The van der Waals surface area contributed by atoms with E-state index in [0.717, 1.165) is 0 Å². The number of aryl methyl sites for hydroxylation is 1. The molecule has 7 nitrogen and oxygen atoms in total. The molecule has 1 aromatic carbocycles. The Hall–Kier alpha value is -2.71. The van der Waals surface area contributed by atoms with Gasteiger partial charge in [0.2, 0.25) is 10.7 Å². The van der Waals surface area contributed by atoms with Gasteiger partial charge in [-0.1, -0.05) is 22.9 Å². The summed E-state index contributed by atoms with van der Waals surface area (Å²) in [7, 11) is 0. The van der Waals surface area contributed by atoms with Gasteiger partial charge in [0.05, 0.1) is 0 Å². The maximum Gasteiger partial charge on any atom is 0.374 e. The van der Waals surface area contributed by atoms with Crippen LogP contribution in [0.5, 0.6) is 0 Å². The van der Waals surface area contributed by atoms with E-state index >= 15 is 0 Å². The van der Waals surface area contributed by atoms with Gasteiger partial charge < -0.3 is 9.15 Å². The topological polar surface area (TPSA) is 86.7 Å². The normalized spacial score (nSPS) is 11.3. The molecule has 0 bridgehead atoms. The monoisotopic (exact) mass is 375 g/mol. The molecule has 0 aliphatic rings. The molecule has 4 rings (SSSR count). The van der Waals surface area contributed by atoms with Crippen LogP contribution in [0.3, 0.4) is 0 Å². The molecule has 0 N–H and O–H groups in total. The van der Waals surface area contributed by atoms with Crippen LogP contribution in [0.2, 0.25) is 5.02 Å². The van der Waals surface area contributed by atoms with Crippen molar-refractivity contribution in [3.8, 4) is 0 Å². The third-order valence-electron chi connectivity index (χ3n) is 3.42. The molecule has 0 fully saturated rings. The predicted octanol–water partition coefficient (Wildman–Crippen LogP) is 3.22. The summed E-state index contributed by atoms with van der Waals surface area (Å²) in [6.07, 6.45) is 0. The van der Waals surface area contributed by atoms with Crippen molar-refractivity contribution in [3.63, 3.8) is 0 Å². The number of aromatic nitrogens is 3. The van der Waals surface area contributed by atoms with Crippen LogP contribution >= 0.6 is 22.9 Å². The van der Waals surface area contributed by atoms with Crippen LogP contribution < -0.4 is 5.56 Å². The molecule has 0 aliphatic heterocycles. The highest BCUT2D eigenvalue weighted by Gasteiger charge is 2.16. The Morgan fingerprint density at radius 3 is 3.04 bits per heavy atom. The van der Waals surface area contributed by atoms with Crippen molar-refractivity contribution >= 4 is 44.8 Å². The van der Waals surface area contributed by atoms with Gasteiger partial charge >= 0.3 is 5.97 Å². The second-order valence-corrected chi connectivity index (χ2v) is 6.77. The maximum atomic E-state index is 12.2. The number of carbonyl (C=O) groups is 1. The highest BCUT2D eigenvalue weighted by molar-refractivity contribution is 7.16. The van der Waals surface area contributed by atoms with Crippen LogP contribution in [0, 0.1) is 6.92 Å². The van der Waals surface area contributed by atoms with Gasteiger partial charge in [0, 0.05) is 22.2 Å². The fourth-order valence-corrected chi connectivity index (χ4v) is 3.37. The molecule has 0 saturated carbocycles. The zero-order chi connectivity index (χ0) is 17.6. The van der Waals surface area contributed by atoms with E-state index in [-0.39, 0.29) is 17.9 Å². The molecule has 126 valence electrons. The fourth-order valence-electron chi connectivity index (χ4n) is 2.33. The number of furan rings is 1. The molecule has 0 amide bonds. The smallest absolute Gasteiger partial charge is 0.374 e. The summed E-state index contributed by atoms with van der Waals surface area (Å²) in [6.45, 7) is 1.65. The zero-order valence-corrected chi connectivity index (χ0v) is 14.4. The lowest BCUT2D eigenvalue weighted by atomic mass is 10.2. The molecule has 3 heterocycles. The van der Waals surface area contributed by atoms with Crippen LogP contribution in [0.1, 0.15) is 21.3 Å². The van der Waals surface area contributed by atoms with Crippen molar-refractivity contribution in [2.45, 2.75) is 13.5 Å². The number of esters is 1. The lowest BCUT2D eigenvalue weighted by molar-refractivity contribution is 0.0437. The lowest BCUT2D eigenvalue weighted by Gasteiger charge is -1.98. The highest BCUT2D eigenvalue weighted by atomic mass is 35.5. The maximum absolute atomic E-state index is 12.2. The summed E-state index contributed by atoms with van der Waals surface area (Å²) < 4.78 is 11.8. The summed E-state index contributed by atoms with van der Waals surface area (Å²) in [5, 5.41) is 5.83. The fraction of sp³-hybridized carbons (Fsp3) is 0.125. The number of fused-ring (bicyclic) bond motifs is 2. The number of ether oxygens (including phenoxy) is 1. The van der Waals surface area contributed by atoms with E-state index in [4.69, 9.17) is 20.8 Å². The molecule has 25 heavy (non-hydrogen) atoms. The Bertz CT molecular complexity index is 1180. The zero-order valence-electron chi connectivity index (χ0n) is 12.9. The summed E-state index contributed by atoms with van der Waals surface area (Å²) in [4.78, 5) is 28.7. The van der Waals surface area contributed by atoms with Gasteiger partial charge in [0.15, 0.2) is 5.01 Å². The van der Waals surface area contributed by atoms with E-state index in [1.54, 1.807) is 31.2 Å². The molecule has 0 atom stereocenters. The number of rotatable bonds is 3. The Labute approximate surface area is 149 Å². The first-order chi connectivity index (χ1) is 12.0. The number of nitrogens with zero attached hydrogens (tertiary/aromatic N) is 3. The Kier molecular flexibility index (Phi) is 3.78. The third-order valence-corrected chi connectivity index (χ3v) is 4.54. The number of hydrogen-bond donors (Lipinski definition) is 0. The molecule has 0 saturated heterocycles. The molecule has 0 unspecified atom stereocenters. The quantitative estimate of drug-likeness (QED) is 0.511. The van der Waals surface area contributed by atoms with E-state index in [1.807, 2.05) is 0 Å². The Balaban J connectivity index is 1.54. The predicted molar refractivity (Wildman–Crippen MR) is 92.2 cm³/mol. The number of carbonyl (C=O) groups excluding carboxylic acids is 1. The minimum absolute atomic E-state index is 0.0736. The van der Waals surface area contributed by atoms with Gasteiger partial charge in [-0.15, -0.1) is 0 Å². The minimum atomic E-state index is -0.622. The molecular formula is C16H10ClN3O4S. The second-order valence-electron chi connectivity index (χ2n) is 5.29. The Morgan fingerprint density at radius 1 is 1.36 bits per heavy atom. The third kappa shape index (κ3) is 3.01. The van der Waals surface area contributed by atoms with Crippen LogP contribution in [0.15, 0.2) is 39.5 Å². The second kappa shape index (κ2) is 5.98. The lowest BCUT2D eigenvalue weighted by Crippen LogP contribution is -2.14. The van der Waals surface area contributed by atoms with Gasteiger partial charge in [-0.2, -0.15) is 9.61 Å². The summed E-state index contributed by atoms with van der Waals surface area (Å²) in [6, 6.07) is 8.02. The molecule has 0 aliphatic carbocycles. The van der Waals surface area contributed by atoms with Gasteiger partial charge in [0.1, 0.15) is 12.2 Å². The first-order valence-corrected chi connectivity index (χ1v) is 8.42. The average molecular weight is 376 g/mol. The van der Waals surface area contributed by atoms with E-state index in [9.17, 15) is 9.59 Å². The number of halogens is 1. The number of hydrogen-bond acceptors (Lipinski definition) is 7. The van der Waals surface area contributed by atoms with E-state index in [2.05, 4.69) is 10.1 Å². The van der Waals surface area contributed by atoms with Crippen molar-refractivity contribution in [1.29, 1.82) is 0 Å². The Morgan fingerprint density at radius 2 is 2.20 bits per heavy atom. The standard InChI is InChI=1S/C16H10ClN3O4S/c1-8-4-14(21)20-16(18-8)25-13(19-20)7-23-15(22)12-6-9-5-10(17)2-3-11(9)24-12/h2-6H,7H2,1H3. The largest absolute Gasteiger partial charge is 0.452 e. The van der Waals surface area contributed by atoms with Gasteiger partial charge in [-0.25, -0.2) is 9.78 Å². The average Bonchev–Trinajstić information content (AvgIpc) is 3.15. The van der Waals surface area contributed by atoms with E-state index in [0.29, 0.717) is 31.7 Å². The van der Waals surface area contributed by atoms with Gasteiger partial charge in [0.25, 0.3) is 5.56 Å². The summed E-state index contributed by atoms with van der Waals surface area (Å²) >= 11 is 7.10. The van der Waals surface area contributed by atoms with Crippen LogP contribution in [-0.2, 0) is 11.3 Å². The van der Waals surface area contributed by atoms with Crippen molar-refractivity contribution in [3.05, 3.63) is 62.2 Å². The van der Waals surface area contributed by atoms with E-state index < -0.39 is 5.97 Å². The highest BCUT2D eigenvalue weighted by Crippen LogP contribution is 2.24. The number of benzene rings is 1. The molecule has 4 aromatic rings.